The molecule has 0 saturated heterocycles. The van der Waals surface area contributed by atoms with Gasteiger partial charge >= 0.3 is 11.9 Å². The summed E-state index contributed by atoms with van der Waals surface area (Å²) in [7, 11) is 0. The van der Waals surface area contributed by atoms with E-state index in [2.05, 4.69) is 18.8 Å². The van der Waals surface area contributed by atoms with Crippen LogP contribution in [0.3, 0.4) is 0 Å². The van der Waals surface area contributed by atoms with E-state index < -0.39 is 24.0 Å². The van der Waals surface area contributed by atoms with Gasteiger partial charge in [-0.05, 0) is 110 Å². The normalized spacial score (nSPS) is 23.8. The number of carbonyl (C=O) groups excluding carboxylic acids is 2. The van der Waals surface area contributed by atoms with Crippen molar-refractivity contribution >= 4 is 29.1 Å². The predicted octanol–water partition coefficient (Wildman–Crippen LogP) is 5.54. The van der Waals surface area contributed by atoms with Crippen LogP contribution in [0.1, 0.15) is 60.3 Å². The summed E-state index contributed by atoms with van der Waals surface area (Å²) in [6.45, 7) is 13.0. The number of hydrogen-bond acceptors (Lipinski definition) is 12. The highest BCUT2D eigenvalue weighted by Gasteiger charge is 2.48. The average Bonchev–Trinajstić information content (AvgIpc) is 3.83. The van der Waals surface area contributed by atoms with Crippen molar-refractivity contribution in [2.75, 3.05) is 33.0 Å². The van der Waals surface area contributed by atoms with Gasteiger partial charge in [0.15, 0.2) is 0 Å². The molecular formula is C43H48N4O8. The number of aliphatic hydroxyl groups excluding tert-OH is 4. The maximum absolute atomic E-state index is 12.7. The predicted molar refractivity (Wildman–Crippen MR) is 211 cm³/mol. The van der Waals surface area contributed by atoms with Gasteiger partial charge in [0, 0.05) is 35.2 Å². The number of hydrogen-bond donors (Lipinski definition) is 5. The first-order valence-corrected chi connectivity index (χ1v) is 18.5. The summed E-state index contributed by atoms with van der Waals surface area (Å²) >= 11 is 0. The van der Waals surface area contributed by atoms with Crippen LogP contribution in [0.4, 0.5) is 0 Å². The quantitative estimate of drug-likeness (QED) is 0.126. The molecule has 5 aliphatic heterocycles. The van der Waals surface area contributed by atoms with Gasteiger partial charge in [-0.2, -0.15) is 0 Å². The Morgan fingerprint density at radius 2 is 1.42 bits per heavy atom. The van der Waals surface area contributed by atoms with E-state index in [0.717, 1.165) is 56.1 Å². The third-order valence-electron chi connectivity index (χ3n) is 11.2. The van der Waals surface area contributed by atoms with Gasteiger partial charge < -0.3 is 35.2 Å². The van der Waals surface area contributed by atoms with Gasteiger partial charge in [-0.25, -0.2) is 15.0 Å². The van der Waals surface area contributed by atoms with Crippen LogP contribution in [0.25, 0.3) is 0 Å². The average molecular weight is 749 g/mol. The summed E-state index contributed by atoms with van der Waals surface area (Å²) in [6, 6.07) is 0. The molecule has 12 heteroatoms. The van der Waals surface area contributed by atoms with E-state index in [1.165, 1.54) is 0 Å². The van der Waals surface area contributed by atoms with Crippen LogP contribution in [-0.4, -0.2) is 82.5 Å². The van der Waals surface area contributed by atoms with E-state index in [1.807, 2.05) is 64.2 Å². The molecule has 0 spiro atoms. The summed E-state index contributed by atoms with van der Waals surface area (Å²) in [6.07, 6.45) is 14.2. The van der Waals surface area contributed by atoms with E-state index in [0.29, 0.717) is 46.9 Å². The molecule has 6 rings (SSSR count). The van der Waals surface area contributed by atoms with Crippen molar-refractivity contribution in [2.24, 2.45) is 26.3 Å². The Morgan fingerprint density at radius 3 is 2.05 bits per heavy atom. The Balaban J connectivity index is 1.57. The topological polar surface area (TPSA) is 183 Å². The minimum atomic E-state index is -0.677. The minimum Gasteiger partial charge on any atom is -0.510 e. The molecule has 0 unspecified atom stereocenters. The van der Waals surface area contributed by atoms with Crippen LogP contribution < -0.4 is 5.32 Å². The highest BCUT2D eigenvalue weighted by Crippen LogP contribution is 2.54. The molecule has 8 bridgehead atoms. The van der Waals surface area contributed by atoms with Gasteiger partial charge in [0.05, 0.1) is 47.4 Å². The minimum absolute atomic E-state index is 0.0606. The molecule has 0 aromatic rings. The van der Waals surface area contributed by atoms with Crippen molar-refractivity contribution in [1.29, 1.82) is 0 Å². The zero-order valence-corrected chi connectivity index (χ0v) is 32.0. The van der Waals surface area contributed by atoms with Crippen molar-refractivity contribution in [3.05, 3.63) is 128 Å². The number of aliphatic imine (C=N–C) groups is 3. The van der Waals surface area contributed by atoms with Gasteiger partial charge in [0.2, 0.25) is 0 Å². The SMILES string of the molecule is C=CC1=C(C)C2=CC3=C4C=CC(=C(O)CO)[C@@H](C)[C@@]4(C)C(=CC4=NC(=CC5=NC(=CC1=N2)C(C)=C5CCC(=O)OCCO)C(CCC(=O)OCCO)=C4C)N3. The fourth-order valence-corrected chi connectivity index (χ4v) is 7.83. The summed E-state index contributed by atoms with van der Waals surface area (Å²) in [5.41, 5.74) is 11.8. The van der Waals surface area contributed by atoms with Gasteiger partial charge in [0.1, 0.15) is 25.6 Å². The first-order chi connectivity index (χ1) is 26.4. The lowest BCUT2D eigenvalue weighted by Crippen LogP contribution is -2.33. The van der Waals surface area contributed by atoms with Gasteiger partial charge in [-0.1, -0.05) is 31.7 Å². The van der Waals surface area contributed by atoms with Crippen LogP contribution in [0, 0.1) is 11.3 Å². The van der Waals surface area contributed by atoms with E-state index in [1.54, 1.807) is 6.08 Å². The molecule has 12 nitrogen and oxygen atoms in total. The molecule has 2 atom stereocenters. The Labute approximate surface area is 320 Å². The molecule has 0 fully saturated rings. The maximum Gasteiger partial charge on any atom is 0.306 e. The molecular weight excluding hydrogens is 700 g/mol. The van der Waals surface area contributed by atoms with E-state index in [4.69, 9.17) is 29.6 Å². The number of aliphatic hydroxyl groups is 4. The van der Waals surface area contributed by atoms with Crippen LogP contribution in [0.15, 0.2) is 143 Å². The van der Waals surface area contributed by atoms with E-state index in [-0.39, 0.29) is 50.9 Å². The highest BCUT2D eigenvalue weighted by atomic mass is 16.5. The van der Waals surface area contributed by atoms with E-state index in [9.17, 15) is 24.9 Å². The molecule has 0 aromatic heterocycles. The third-order valence-corrected chi connectivity index (χ3v) is 11.2. The molecule has 0 saturated carbocycles. The first-order valence-electron chi connectivity index (χ1n) is 18.5. The van der Waals surface area contributed by atoms with Crippen LogP contribution >= 0.6 is 0 Å². The van der Waals surface area contributed by atoms with Crippen LogP contribution in [0.2, 0.25) is 0 Å². The number of ether oxygens (including phenoxy) is 2. The smallest absolute Gasteiger partial charge is 0.306 e. The zero-order valence-electron chi connectivity index (χ0n) is 32.0. The largest absolute Gasteiger partial charge is 0.510 e. The molecule has 1 aliphatic carbocycles. The lowest BCUT2D eigenvalue weighted by atomic mass is 9.64. The van der Waals surface area contributed by atoms with Crippen molar-refractivity contribution < 1.29 is 39.5 Å². The lowest BCUT2D eigenvalue weighted by molar-refractivity contribution is -0.145. The monoisotopic (exact) mass is 748 g/mol. The number of rotatable bonds is 12. The maximum atomic E-state index is 12.7. The molecule has 6 aliphatic rings. The fraction of sp³-hybridized carbons (Fsp3) is 0.372. The van der Waals surface area contributed by atoms with E-state index >= 15 is 0 Å². The molecule has 5 N–H and O–H groups in total. The van der Waals surface area contributed by atoms with Crippen molar-refractivity contribution in [1.82, 2.24) is 5.32 Å². The molecule has 0 aromatic carbocycles. The molecule has 55 heavy (non-hydrogen) atoms. The number of fused-ring (bicyclic) bond motifs is 7. The number of allylic oxidation sites excluding steroid dienone is 15. The second-order valence-electron chi connectivity index (χ2n) is 14.2. The van der Waals surface area contributed by atoms with Crippen molar-refractivity contribution in [3.8, 4) is 0 Å². The van der Waals surface area contributed by atoms with Crippen molar-refractivity contribution in [3.63, 3.8) is 0 Å². The third kappa shape index (κ3) is 7.37. The number of esters is 2. The Kier molecular flexibility index (Phi) is 11.5. The number of carbonyl (C=O) groups is 2. The van der Waals surface area contributed by atoms with Gasteiger partial charge in [-0.3, -0.25) is 9.59 Å². The zero-order chi connectivity index (χ0) is 39.6. The summed E-state index contributed by atoms with van der Waals surface area (Å²) in [4.78, 5) is 40.5. The Hall–Kier alpha value is -5.43. The molecule has 288 valence electrons. The van der Waals surface area contributed by atoms with Gasteiger partial charge in [-0.15, -0.1) is 0 Å². The summed E-state index contributed by atoms with van der Waals surface area (Å²) in [5.74, 6) is -1.23. The van der Waals surface area contributed by atoms with Crippen molar-refractivity contribution in [2.45, 2.75) is 60.3 Å². The lowest BCUT2D eigenvalue weighted by Gasteiger charge is -2.38. The summed E-state index contributed by atoms with van der Waals surface area (Å²) in [5, 5.41) is 42.7. The van der Waals surface area contributed by atoms with Crippen LogP contribution in [0.5, 0.6) is 0 Å². The highest BCUT2D eigenvalue weighted by molar-refractivity contribution is 6.18. The van der Waals surface area contributed by atoms with Crippen LogP contribution in [-0.2, 0) is 19.1 Å². The second-order valence-corrected chi connectivity index (χ2v) is 14.2. The molecule has 0 amide bonds. The fourth-order valence-electron chi connectivity index (χ4n) is 7.83. The second kappa shape index (κ2) is 16.1. The number of nitrogens with zero attached hydrogens (tertiary/aromatic N) is 3. The molecule has 5 heterocycles. The molecule has 0 radical (unpaired) electrons. The van der Waals surface area contributed by atoms with Gasteiger partial charge in [0.25, 0.3) is 0 Å². The summed E-state index contributed by atoms with van der Waals surface area (Å²) < 4.78 is 10.3. The standard InChI is InChI=1S/C43H48N4O8/c1-7-27-23(2)33-19-38-31-11-8-30(39(51)22-50)26(5)43(31,6)40(47-38)21-34-25(4)29(10-13-42(53)55-17-15-49)37(46-34)20-36-28(9-12-41(52)54-16-14-48)24(3)32(45-36)18-35(27)44-33/h7-8,11,18-21,26,47-51H,1,9-10,12-17,22H2,2-6H3/t26-,43-/m1/s1. The Morgan fingerprint density at radius 1 is 0.818 bits per heavy atom. The first kappa shape index (κ1) is 39.3. The number of nitrogens with one attached hydrogen (secondary N) is 1. The Bertz CT molecular complexity index is 2160.